The first-order chi connectivity index (χ1) is 9.11. The standard InChI is InChI=1S/C15H20BrNO2/c1-9-10-6-4-5-7-11(10)14(16)15(19-3)13(9)12(18)8-17-2/h17H,4-8H2,1-3H3. The van der Waals surface area contributed by atoms with Gasteiger partial charge in [-0.05, 0) is 72.3 Å². The van der Waals surface area contributed by atoms with E-state index in [0.717, 1.165) is 28.4 Å². The van der Waals surface area contributed by atoms with Crippen LogP contribution in [0.5, 0.6) is 5.75 Å². The molecule has 0 spiro atoms. The Morgan fingerprint density at radius 3 is 2.53 bits per heavy atom. The number of rotatable bonds is 4. The quantitative estimate of drug-likeness (QED) is 0.865. The molecule has 1 N–H and O–H groups in total. The normalized spacial score (nSPS) is 14.1. The number of carbonyl (C=O) groups excluding carboxylic acids is 1. The Bertz CT molecular complexity index is 512. The van der Waals surface area contributed by atoms with Gasteiger partial charge in [0.25, 0.3) is 0 Å². The lowest BCUT2D eigenvalue weighted by Gasteiger charge is -2.24. The molecule has 0 aliphatic heterocycles. The van der Waals surface area contributed by atoms with Gasteiger partial charge >= 0.3 is 0 Å². The Kier molecular flexibility index (Phi) is 4.63. The highest BCUT2D eigenvalue weighted by Crippen LogP contribution is 2.41. The van der Waals surface area contributed by atoms with Crippen LogP contribution in [-0.2, 0) is 12.8 Å². The van der Waals surface area contributed by atoms with Crippen LogP contribution in [0.15, 0.2) is 4.47 Å². The van der Waals surface area contributed by atoms with E-state index in [1.165, 1.54) is 24.0 Å². The van der Waals surface area contributed by atoms with E-state index in [1.54, 1.807) is 14.2 Å². The molecular formula is C15H20BrNO2. The summed E-state index contributed by atoms with van der Waals surface area (Å²) in [6.07, 6.45) is 4.53. The van der Waals surface area contributed by atoms with Crippen LogP contribution in [0, 0.1) is 6.92 Å². The van der Waals surface area contributed by atoms with Crippen LogP contribution in [0.1, 0.15) is 39.9 Å². The molecule has 0 bridgehead atoms. The number of hydrogen-bond acceptors (Lipinski definition) is 3. The highest BCUT2D eigenvalue weighted by molar-refractivity contribution is 9.10. The molecule has 1 aromatic rings. The number of Topliss-reactive ketones (excluding diaryl/α,β-unsaturated/α-hetero) is 1. The molecule has 104 valence electrons. The van der Waals surface area contributed by atoms with Crippen molar-refractivity contribution in [2.45, 2.75) is 32.6 Å². The van der Waals surface area contributed by atoms with E-state index in [2.05, 4.69) is 21.2 Å². The molecule has 1 aromatic carbocycles. The Balaban J connectivity index is 2.64. The van der Waals surface area contributed by atoms with Crippen LogP contribution in [0.3, 0.4) is 0 Å². The minimum atomic E-state index is 0.0888. The summed E-state index contributed by atoms with van der Waals surface area (Å²) in [4.78, 5) is 12.3. The van der Waals surface area contributed by atoms with E-state index in [4.69, 9.17) is 4.74 Å². The summed E-state index contributed by atoms with van der Waals surface area (Å²) in [7, 11) is 3.41. The number of fused-ring (bicyclic) bond motifs is 1. The number of benzene rings is 1. The maximum Gasteiger partial charge on any atom is 0.180 e. The molecule has 1 aliphatic carbocycles. The average Bonchev–Trinajstić information content (AvgIpc) is 2.42. The van der Waals surface area contributed by atoms with Crippen molar-refractivity contribution in [3.05, 3.63) is 26.7 Å². The van der Waals surface area contributed by atoms with Crippen LogP contribution in [-0.4, -0.2) is 26.5 Å². The van der Waals surface area contributed by atoms with Gasteiger partial charge in [0.05, 0.1) is 23.7 Å². The second-order valence-corrected chi connectivity index (χ2v) is 5.76. The van der Waals surface area contributed by atoms with Crippen molar-refractivity contribution in [2.75, 3.05) is 20.7 Å². The third-order valence-corrected chi connectivity index (χ3v) is 4.65. The smallest absolute Gasteiger partial charge is 0.180 e. The van der Waals surface area contributed by atoms with Gasteiger partial charge in [-0.3, -0.25) is 4.79 Å². The molecule has 0 saturated carbocycles. The summed E-state index contributed by atoms with van der Waals surface area (Å²) in [5.74, 6) is 0.782. The first-order valence-electron chi connectivity index (χ1n) is 6.67. The van der Waals surface area contributed by atoms with Gasteiger partial charge in [0.15, 0.2) is 5.78 Å². The summed E-state index contributed by atoms with van der Waals surface area (Å²) in [6.45, 7) is 2.38. The number of ether oxygens (including phenoxy) is 1. The van der Waals surface area contributed by atoms with Gasteiger partial charge in [-0.1, -0.05) is 0 Å². The molecule has 0 unspecified atom stereocenters. The van der Waals surface area contributed by atoms with Crippen LogP contribution in [0.4, 0.5) is 0 Å². The molecule has 0 aromatic heterocycles. The zero-order valence-electron chi connectivity index (χ0n) is 11.7. The average molecular weight is 326 g/mol. The third kappa shape index (κ3) is 2.56. The summed E-state index contributed by atoms with van der Waals surface area (Å²) >= 11 is 3.63. The second-order valence-electron chi connectivity index (χ2n) is 4.96. The van der Waals surface area contributed by atoms with Gasteiger partial charge in [0.2, 0.25) is 0 Å². The lowest BCUT2D eigenvalue weighted by molar-refractivity contribution is 0.0989. The molecular weight excluding hydrogens is 306 g/mol. The van der Waals surface area contributed by atoms with E-state index < -0.39 is 0 Å². The van der Waals surface area contributed by atoms with Crippen molar-refractivity contribution in [3.63, 3.8) is 0 Å². The van der Waals surface area contributed by atoms with E-state index in [1.807, 2.05) is 6.92 Å². The highest BCUT2D eigenvalue weighted by Gasteiger charge is 2.25. The van der Waals surface area contributed by atoms with Gasteiger partial charge in [0.1, 0.15) is 5.75 Å². The number of halogens is 1. The number of likely N-dealkylation sites (N-methyl/N-ethyl adjacent to an activating group) is 1. The van der Waals surface area contributed by atoms with Crippen LogP contribution in [0.25, 0.3) is 0 Å². The summed E-state index contributed by atoms with van der Waals surface area (Å²) in [5, 5.41) is 2.92. The third-order valence-electron chi connectivity index (χ3n) is 3.81. The maximum absolute atomic E-state index is 12.3. The first kappa shape index (κ1) is 14.5. The fourth-order valence-corrected chi connectivity index (χ4v) is 3.70. The summed E-state index contributed by atoms with van der Waals surface area (Å²) in [6, 6.07) is 0. The van der Waals surface area contributed by atoms with Gasteiger partial charge in [0, 0.05) is 0 Å². The molecule has 0 saturated heterocycles. The van der Waals surface area contributed by atoms with Crippen LogP contribution < -0.4 is 10.1 Å². The van der Waals surface area contributed by atoms with Crippen molar-refractivity contribution in [1.82, 2.24) is 5.32 Å². The SMILES string of the molecule is CNCC(=O)c1c(C)c2c(c(Br)c1OC)CCCC2. The molecule has 4 heteroatoms. The summed E-state index contributed by atoms with van der Waals surface area (Å²) < 4.78 is 6.46. The zero-order valence-corrected chi connectivity index (χ0v) is 13.3. The first-order valence-corrected chi connectivity index (χ1v) is 7.46. The Labute approximate surface area is 122 Å². The van der Waals surface area contributed by atoms with Crippen molar-refractivity contribution in [1.29, 1.82) is 0 Å². The maximum atomic E-state index is 12.3. The fourth-order valence-electron chi connectivity index (χ4n) is 2.91. The lowest BCUT2D eigenvalue weighted by atomic mass is 9.85. The number of nitrogens with one attached hydrogen (secondary N) is 1. The van der Waals surface area contributed by atoms with E-state index in [-0.39, 0.29) is 5.78 Å². The minimum absolute atomic E-state index is 0.0888. The number of ketones is 1. The predicted octanol–water partition coefficient (Wildman–Crippen LogP) is 3.05. The van der Waals surface area contributed by atoms with E-state index >= 15 is 0 Å². The molecule has 0 atom stereocenters. The molecule has 0 amide bonds. The topological polar surface area (TPSA) is 38.3 Å². The van der Waals surface area contributed by atoms with Crippen molar-refractivity contribution in [2.24, 2.45) is 0 Å². The highest BCUT2D eigenvalue weighted by atomic mass is 79.9. The molecule has 0 radical (unpaired) electrons. The largest absolute Gasteiger partial charge is 0.495 e. The second kappa shape index (κ2) is 6.06. The van der Waals surface area contributed by atoms with Gasteiger partial charge in [-0.15, -0.1) is 0 Å². The molecule has 2 rings (SSSR count). The van der Waals surface area contributed by atoms with Gasteiger partial charge < -0.3 is 10.1 Å². The van der Waals surface area contributed by atoms with Crippen molar-refractivity contribution >= 4 is 21.7 Å². The molecule has 0 heterocycles. The minimum Gasteiger partial charge on any atom is -0.495 e. The van der Waals surface area contributed by atoms with Gasteiger partial charge in [-0.25, -0.2) is 0 Å². The summed E-state index contributed by atoms with van der Waals surface area (Å²) in [5.41, 5.74) is 4.47. The van der Waals surface area contributed by atoms with Crippen LogP contribution in [0.2, 0.25) is 0 Å². The lowest BCUT2D eigenvalue weighted by Crippen LogP contribution is -2.22. The Hall–Kier alpha value is -0.870. The predicted molar refractivity (Wildman–Crippen MR) is 80.3 cm³/mol. The fraction of sp³-hybridized carbons (Fsp3) is 0.533. The van der Waals surface area contributed by atoms with Crippen LogP contribution >= 0.6 is 15.9 Å². The van der Waals surface area contributed by atoms with E-state index in [0.29, 0.717) is 12.3 Å². The molecule has 1 aliphatic rings. The molecule has 3 nitrogen and oxygen atoms in total. The molecule has 0 fully saturated rings. The van der Waals surface area contributed by atoms with E-state index in [9.17, 15) is 4.79 Å². The monoisotopic (exact) mass is 325 g/mol. The van der Waals surface area contributed by atoms with Gasteiger partial charge in [-0.2, -0.15) is 0 Å². The Morgan fingerprint density at radius 2 is 1.95 bits per heavy atom. The van der Waals surface area contributed by atoms with Crippen molar-refractivity contribution in [3.8, 4) is 5.75 Å². The number of hydrogen-bond donors (Lipinski definition) is 1. The molecule has 19 heavy (non-hydrogen) atoms. The number of methoxy groups -OCH3 is 1. The zero-order chi connectivity index (χ0) is 14.0. The number of carbonyl (C=O) groups is 1. The Morgan fingerprint density at radius 1 is 1.32 bits per heavy atom. The van der Waals surface area contributed by atoms with Crippen molar-refractivity contribution < 1.29 is 9.53 Å².